The van der Waals surface area contributed by atoms with Crippen LogP contribution in [-0.2, 0) is 9.59 Å². The third kappa shape index (κ3) is 1.62. The highest BCUT2D eigenvalue weighted by Crippen LogP contribution is 2.52. The molecule has 0 aromatic carbocycles. The van der Waals surface area contributed by atoms with Gasteiger partial charge in [-0.05, 0) is 37.5 Å². The summed E-state index contributed by atoms with van der Waals surface area (Å²) < 4.78 is 0. The Hall–Kier alpha value is -1.16. The number of aliphatic hydroxyl groups excluding tert-OH is 1. The standard InChI is InChI=1S/C14H19NO3/c16-7-3-1-2-6-15-13(17)11-9-4-5-10(8-9)12(11)14(15)18/h4-5,9-12,16H,1-3,6-8H2/t9-,10+,11-,12+. The van der Waals surface area contributed by atoms with Crippen molar-refractivity contribution in [3.63, 3.8) is 0 Å². The molecule has 2 aliphatic carbocycles. The average Bonchev–Trinajstić information content (AvgIpc) is 3.02. The fourth-order valence-corrected chi connectivity index (χ4v) is 3.74. The number of imide groups is 1. The van der Waals surface area contributed by atoms with Crippen LogP contribution in [0.3, 0.4) is 0 Å². The largest absolute Gasteiger partial charge is 0.396 e. The zero-order chi connectivity index (χ0) is 12.7. The summed E-state index contributed by atoms with van der Waals surface area (Å²) in [5, 5.41) is 8.72. The number of hydrogen-bond donors (Lipinski definition) is 1. The van der Waals surface area contributed by atoms with Crippen LogP contribution in [0.15, 0.2) is 12.2 Å². The van der Waals surface area contributed by atoms with Crippen molar-refractivity contribution < 1.29 is 14.7 Å². The number of aliphatic hydroxyl groups is 1. The van der Waals surface area contributed by atoms with Gasteiger partial charge in [0.25, 0.3) is 0 Å². The molecule has 0 aromatic heterocycles. The lowest BCUT2D eigenvalue weighted by Crippen LogP contribution is -2.33. The van der Waals surface area contributed by atoms with Gasteiger partial charge in [-0.3, -0.25) is 14.5 Å². The van der Waals surface area contributed by atoms with Gasteiger partial charge >= 0.3 is 0 Å². The first kappa shape index (κ1) is 11.9. The lowest BCUT2D eigenvalue weighted by Gasteiger charge is -2.16. The SMILES string of the molecule is O=C1[C@@H]2[C@H](C(=O)N1CCCCCO)[C@@H]1C=C[C@H]2C1. The van der Waals surface area contributed by atoms with Crippen LogP contribution in [0.2, 0.25) is 0 Å². The molecule has 4 atom stereocenters. The molecular weight excluding hydrogens is 230 g/mol. The Balaban J connectivity index is 1.65. The zero-order valence-electron chi connectivity index (χ0n) is 10.4. The van der Waals surface area contributed by atoms with Gasteiger partial charge in [0.1, 0.15) is 0 Å². The van der Waals surface area contributed by atoms with E-state index in [4.69, 9.17) is 5.11 Å². The van der Waals surface area contributed by atoms with E-state index in [1.165, 1.54) is 4.90 Å². The second-order valence-electron chi connectivity index (χ2n) is 5.61. The number of amides is 2. The fraction of sp³-hybridized carbons (Fsp3) is 0.714. The fourth-order valence-electron chi connectivity index (χ4n) is 3.74. The number of likely N-dealkylation sites (tertiary alicyclic amines) is 1. The van der Waals surface area contributed by atoms with E-state index in [0.29, 0.717) is 18.4 Å². The summed E-state index contributed by atoms with van der Waals surface area (Å²) in [5.41, 5.74) is 0. The maximum atomic E-state index is 12.3. The number of fused-ring (bicyclic) bond motifs is 5. The first-order chi connectivity index (χ1) is 8.74. The highest BCUT2D eigenvalue weighted by atomic mass is 16.3. The van der Waals surface area contributed by atoms with Crippen molar-refractivity contribution in [2.75, 3.05) is 13.2 Å². The lowest BCUT2D eigenvalue weighted by molar-refractivity contribution is -0.140. The van der Waals surface area contributed by atoms with Crippen molar-refractivity contribution in [1.82, 2.24) is 4.90 Å². The third-order valence-corrected chi connectivity index (χ3v) is 4.60. The monoisotopic (exact) mass is 249 g/mol. The molecule has 1 saturated carbocycles. The molecule has 0 radical (unpaired) electrons. The molecule has 0 unspecified atom stereocenters. The molecule has 1 saturated heterocycles. The second kappa shape index (κ2) is 4.50. The van der Waals surface area contributed by atoms with Gasteiger partial charge in [-0.15, -0.1) is 0 Å². The molecule has 4 heteroatoms. The van der Waals surface area contributed by atoms with E-state index >= 15 is 0 Å². The van der Waals surface area contributed by atoms with E-state index in [-0.39, 0.29) is 30.3 Å². The third-order valence-electron chi connectivity index (χ3n) is 4.60. The van der Waals surface area contributed by atoms with E-state index in [2.05, 4.69) is 12.2 Å². The summed E-state index contributed by atoms with van der Waals surface area (Å²) in [4.78, 5) is 26.0. The average molecular weight is 249 g/mol. The predicted molar refractivity (Wildman–Crippen MR) is 65.4 cm³/mol. The van der Waals surface area contributed by atoms with E-state index in [9.17, 15) is 9.59 Å². The minimum absolute atomic E-state index is 0.0471. The molecule has 98 valence electrons. The number of carbonyl (C=O) groups excluding carboxylic acids is 2. The van der Waals surface area contributed by atoms with Crippen molar-refractivity contribution in [2.24, 2.45) is 23.7 Å². The molecule has 2 bridgehead atoms. The first-order valence-electron chi connectivity index (χ1n) is 6.88. The Morgan fingerprint density at radius 3 is 2.22 bits per heavy atom. The zero-order valence-corrected chi connectivity index (χ0v) is 10.4. The van der Waals surface area contributed by atoms with Crippen molar-refractivity contribution in [1.29, 1.82) is 0 Å². The van der Waals surface area contributed by atoms with Gasteiger partial charge in [-0.25, -0.2) is 0 Å². The Morgan fingerprint density at radius 2 is 1.67 bits per heavy atom. The minimum atomic E-state index is -0.0645. The number of unbranched alkanes of at least 4 members (excludes halogenated alkanes) is 2. The van der Waals surface area contributed by atoms with Gasteiger partial charge in [0, 0.05) is 13.2 Å². The smallest absolute Gasteiger partial charge is 0.233 e. The molecule has 3 rings (SSSR count). The second-order valence-corrected chi connectivity index (χ2v) is 5.61. The topological polar surface area (TPSA) is 57.6 Å². The van der Waals surface area contributed by atoms with Crippen LogP contribution in [0, 0.1) is 23.7 Å². The molecule has 1 aliphatic heterocycles. The maximum absolute atomic E-state index is 12.3. The normalized spacial score (nSPS) is 36.8. The quantitative estimate of drug-likeness (QED) is 0.448. The highest BCUT2D eigenvalue weighted by Gasteiger charge is 2.58. The highest BCUT2D eigenvalue weighted by molar-refractivity contribution is 6.06. The summed E-state index contributed by atoms with van der Waals surface area (Å²) in [7, 11) is 0. The number of allylic oxidation sites excluding steroid dienone is 2. The molecule has 0 spiro atoms. The summed E-state index contributed by atoms with van der Waals surface area (Å²) in [6, 6.07) is 0. The van der Waals surface area contributed by atoms with E-state index in [1.807, 2.05) is 0 Å². The Labute approximate surface area is 107 Å². The number of carbonyl (C=O) groups is 2. The van der Waals surface area contributed by atoms with Gasteiger partial charge in [-0.2, -0.15) is 0 Å². The summed E-state index contributed by atoms with van der Waals surface area (Å²) in [6.45, 7) is 0.714. The Morgan fingerprint density at radius 1 is 1.06 bits per heavy atom. The number of rotatable bonds is 5. The van der Waals surface area contributed by atoms with Crippen molar-refractivity contribution in [3.05, 3.63) is 12.2 Å². The van der Waals surface area contributed by atoms with Crippen LogP contribution in [0.25, 0.3) is 0 Å². The Kier molecular flexibility index (Phi) is 2.98. The molecule has 2 fully saturated rings. The molecule has 2 amide bonds. The van der Waals surface area contributed by atoms with Gasteiger partial charge in [-0.1, -0.05) is 12.2 Å². The molecule has 0 aromatic rings. The first-order valence-corrected chi connectivity index (χ1v) is 6.88. The summed E-state index contributed by atoms with van der Waals surface area (Å²) in [5.74, 6) is 0.574. The maximum Gasteiger partial charge on any atom is 0.233 e. The minimum Gasteiger partial charge on any atom is -0.396 e. The van der Waals surface area contributed by atoms with Crippen molar-refractivity contribution in [3.8, 4) is 0 Å². The summed E-state index contributed by atoms with van der Waals surface area (Å²) in [6.07, 6.45) is 7.65. The van der Waals surface area contributed by atoms with Gasteiger partial charge in [0.2, 0.25) is 11.8 Å². The molecule has 18 heavy (non-hydrogen) atoms. The van der Waals surface area contributed by atoms with Crippen LogP contribution in [-0.4, -0.2) is 35.0 Å². The number of nitrogens with zero attached hydrogens (tertiary/aromatic N) is 1. The van der Waals surface area contributed by atoms with Crippen molar-refractivity contribution >= 4 is 11.8 Å². The predicted octanol–water partition coefficient (Wildman–Crippen LogP) is 0.956. The van der Waals surface area contributed by atoms with Gasteiger partial charge in [0.15, 0.2) is 0 Å². The van der Waals surface area contributed by atoms with E-state index < -0.39 is 0 Å². The van der Waals surface area contributed by atoms with E-state index in [0.717, 1.165) is 25.7 Å². The molecule has 3 aliphatic rings. The van der Waals surface area contributed by atoms with Gasteiger partial charge in [0.05, 0.1) is 11.8 Å². The van der Waals surface area contributed by atoms with Gasteiger partial charge < -0.3 is 5.11 Å². The van der Waals surface area contributed by atoms with Crippen LogP contribution in [0.4, 0.5) is 0 Å². The molecule has 1 N–H and O–H groups in total. The summed E-state index contributed by atoms with van der Waals surface area (Å²) >= 11 is 0. The Bertz CT molecular complexity index is 374. The van der Waals surface area contributed by atoms with Crippen LogP contribution >= 0.6 is 0 Å². The lowest BCUT2D eigenvalue weighted by atomic mass is 9.85. The molecule has 4 nitrogen and oxygen atoms in total. The van der Waals surface area contributed by atoms with Crippen LogP contribution < -0.4 is 0 Å². The number of hydrogen-bond acceptors (Lipinski definition) is 3. The van der Waals surface area contributed by atoms with Crippen LogP contribution in [0.1, 0.15) is 25.7 Å². The van der Waals surface area contributed by atoms with E-state index in [1.54, 1.807) is 0 Å². The van der Waals surface area contributed by atoms with Crippen LogP contribution in [0.5, 0.6) is 0 Å². The molecule has 1 heterocycles. The van der Waals surface area contributed by atoms with Crippen molar-refractivity contribution in [2.45, 2.75) is 25.7 Å². The molecular formula is C14H19NO3.